The Morgan fingerprint density at radius 2 is 1.62 bits per heavy atom. The van der Waals surface area contributed by atoms with Gasteiger partial charge in [-0.2, -0.15) is 13.2 Å². The Morgan fingerprint density at radius 1 is 0.925 bits per heavy atom. The van der Waals surface area contributed by atoms with Gasteiger partial charge in [0.1, 0.15) is 22.9 Å². The average molecular weight is 557 g/mol. The van der Waals surface area contributed by atoms with Crippen molar-refractivity contribution in [2.75, 3.05) is 20.2 Å². The van der Waals surface area contributed by atoms with Gasteiger partial charge in [-0.1, -0.05) is 50.1 Å². The van der Waals surface area contributed by atoms with Crippen molar-refractivity contribution < 1.29 is 36.3 Å². The number of carbonyl (C=O) groups excluding carboxylic acids is 2. The van der Waals surface area contributed by atoms with Crippen LogP contribution in [-0.4, -0.2) is 38.2 Å². The van der Waals surface area contributed by atoms with Crippen molar-refractivity contribution in [3.63, 3.8) is 0 Å². The standard InChI is InChI=1S/C30H28F4N2O4/c1-3-4-8-15-36-29(38)25-21(39-17-30(32,33)34)16-22-24(23(25)18-9-6-5-7-10-18)26(28(37)35-2)27(40-22)19-11-13-20(31)14-12-19/h5-7,9-14,16H,3-4,8,15,17H2,1-2H3,(H,35,37)(H,36,38). The van der Waals surface area contributed by atoms with Crippen LogP contribution in [0, 0.1) is 5.82 Å². The molecule has 0 aliphatic rings. The number of hydrogen-bond donors (Lipinski definition) is 2. The van der Waals surface area contributed by atoms with Gasteiger partial charge in [0.15, 0.2) is 6.61 Å². The first kappa shape index (κ1) is 28.7. The van der Waals surface area contributed by atoms with Crippen molar-refractivity contribution in [3.05, 3.63) is 77.6 Å². The summed E-state index contributed by atoms with van der Waals surface area (Å²) >= 11 is 0. The summed E-state index contributed by atoms with van der Waals surface area (Å²) in [7, 11) is 1.42. The first-order valence-electron chi connectivity index (χ1n) is 12.8. The molecular weight excluding hydrogens is 528 g/mol. The molecule has 1 aromatic heterocycles. The van der Waals surface area contributed by atoms with Crippen LogP contribution in [0.5, 0.6) is 5.75 Å². The molecule has 0 saturated heterocycles. The van der Waals surface area contributed by atoms with Gasteiger partial charge in [-0.3, -0.25) is 9.59 Å². The van der Waals surface area contributed by atoms with Gasteiger partial charge in [0, 0.05) is 36.2 Å². The monoisotopic (exact) mass is 556 g/mol. The summed E-state index contributed by atoms with van der Waals surface area (Å²) in [6.07, 6.45) is -2.24. The van der Waals surface area contributed by atoms with Crippen LogP contribution in [0.1, 0.15) is 46.9 Å². The summed E-state index contributed by atoms with van der Waals surface area (Å²) in [4.78, 5) is 26.9. The van der Waals surface area contributed by atoms with Gasteiger partial charge >= 0.3 is 6.18 Å². The van der Waals surface area contributed by atoms with E-state index in [2.05, 4.69) is 10.6 Å². The van der Waals surface area contributed by atoms with E-state index in [0.717, 1.165) is 12.8 Å². The molecule has 40 heavy (non-hydrogen) atoms. The van der Waals surface area contributed by atoms with E-state index in [1.54, 1.807) is 30.3 Å². The quantitative estimate of drug-likeness (QED) is 0.161. The highest BCUT2D eigenvalue weighted by Gasteiger charge is 2.33. The number of alkyl halides is 3. The fourth-order valence-electron chi connectivity index (χ4n) is 4.44. The van der Waals surface area contributed by atoms with Gasteiger partial charge in [0.2, 0.25) is 0 Å². The molecule has 0 aliphatic heterocycles. The van der Waals surface area contributed by atoms with E-state index in [0.29, 0.717) is 24.1 Å². The lowest BCUT2D eigenvalue weighted by Gasteiger charge is -2.18. The molecule has 2 N–H and O–H groups in total. The number of hydrogen-bond acceptors (Lipinski definition) is 4. The zero-order chi connectivity index (χ0) is 28.9. The van der Waals surface area contributed by atoms with Crippen LogP contribution in [0.15, 0.2) is 65.1 Å². The molecule has 6 nitrogen and oxygen atoms in total. The lowest BCUT2D eigenvalue weighted by molar-refractivity contribution is -0.153. The minimum Gasteiger partial charge on any atom is -0.483 e. The van der Waals surface area contributed by atoms with Gasteiger partial charge in [0.05, 0.1) is 11.1 Å². The number of furan rings is 1. The number of carbonyl (C=O) groups is 2. The third-order valence-corrected chi connectivity index (χ3v) is 6.25. The predicted octanol–water partition coefficient (Wildman–Crippen LogP) is 7.13. The van der Waals surface area contributed by atoms with Crippen molar-refractivity contribution in [1.82, 2.24) is 10.6 Å². The van der Waals surface area contributed by atoms with E-state index in [1.165, 1.54) is 37.4 Å². The van der Waals surface area contributed by atoms with Crippen LogP contribution >= 0.6 is 0 Å². The number of benzene rings is 3. The van der Waals surface area contributed by atoms with Crippen molar-refractivity contribution in [2.45, 2.75) is 32.4 Å². The van der Waals surface area contributed by atoms with Gasteiger partial charge in [0.25, 0.3) is 11.8 Å². The average Bonchev–Trinajstić information content (AvgIpc) is 3.32. The van der Waals surface area contributed by atoms with Crippen molar-refractivity contribution in [2.24, 2.45) is 0 Å². The van der Waals surface area contributed by atoms with Gasteiger partial charge in [-0.25, -0.2) is 4.39 Å². The van der Waals surface area contributed by atoms with Crippen molar-refractivity contribution in [3.8, 4) is 28.2 Å². The molecule has 4 rings (SSSR count). The lowest BCUT2D eigenvalue weighted by atomic mass is 9.91. The Hall–Kier alpha value is -4.34. The van der Waals surface area contributed by atoms with Crippen LogP contribution in [0.25, 0.3) is 33.4 Å². The summed E-state index contributed by atoms with van der Waals surface area (Å²) in [6, 6.07) is 14.9. The normalized spacial score (nSPS) is 11.4. The molecule has 0 radical (unpaired) electrons. The van der Waals surface area contributed by atoms with Crippen LogP contribution in [0.4, 0.5) is 17.6 Å². The summed E-state index contributed by atoms with van der Waals surface area (Å²) in [5.74, 6) is -2.00. The van der Waals surface area contributed by atoms with E-state index in [9.17, 15) is 27.2 Å². The first-order chi connectivity index (χ1) is 19.1. The highest BCUT2D eigenvalue weighted by atomic mass is 19.4. The second-order valence-electron chi connectivity index (χ2n) is 9.12. The predicted molar refractivity (Wildman–Crippen MR) is 144 cm³/mol. The molecule has 0 aliphatic carbocycles. The molecule has 210 valence electrons. The van der Waals surface area contributed by atoms with E-state index in [-0.39, 0.29) is 39.2 Å². The molecule has 2 amide bonds. The SMILES string of the molecule is CCCCCNC(=O)c1c(OCC(F)(F)F)cc2oc(-c3ccc(F)cc3)c(C(=O)NC)c2c1-c1ccccc1. The lowest BCUT2D eigenvalue weighted by Crippen LogP contribution is -2.27. The molecular formula is C30H28F4N2O4. The molecule has 0 unspecified atom stereocenters. The molecule has 10 heteroatoms. The van der Waals surface area contributed by atoms with Crippen molar-refractivity contribution in [1.29, 1.82) is 0 Å². The maximum Gasteiger partial charge on any atom is 0.422 e. The van der Waals surface area contributed by atoms with Gasteiger partial charge < -0.3 is 19.8 Å². The first-order valence-corrected chi connectivity index (χ1v) is 12.8. The Bertz CT molecular complexity index is 1500. The summed E-state index contributed by atoms with van der Waals surface area (Å²) in [5.41, 5.74) is 0.913. The molecule has 0 atom stereocenters. The van der Waals surface area contributed by atoms with E-state index in [4.69, 9.17) is 9.15 Å². The number of amides is 2. The van der Waals surface area contributed by atoms with Crippen LogP contribution in [-0.2, 0) is 0 Å². The molecule has 4 aromatic rings. The molecule has 0 fully saturated rings. The Morgan fingerprint density at radius 3 is 2.25 bits per heavy atom. The molecule has 0 bridgehead atoms. The minimum atomic E-state index is -4.67. The third-order valence-electron chi connectivity index (χ3n) is 6.25. The summed E-state index contributed by atoms with van der Waals surface area (Å²) < 4.78 is 64.6. The largest absolute Gasteiger partial charge is 0.483 e. The number of nitrogens with one attached hydrogen (secondary N) is 2. The highest BCUT2D eigenvalue weighted by Crippen LogP contribution is 2.45. The summed E-state index contributed by atoms with van der Waals surface area (Å²) in [6.45, 7) is 0.660. The summed E-state index contributed by atoms with van der Waals surface area (Å²) in [5, 5.41) is 5.55. The maximum atomic E-state index is 13.7. The fraction of sp³-hybridized carbons (Fsp3) is 0.267. The Balaban J connectivity index is 2.07. The smallest absolute Gasteiger partial charge is 0.422 e. The van der Waals surface area contributed by atoms with E-state index >= 15 is 0 Å². The second kappa shape index (κ2) is 12.2. The highest BCUT2D eigenvalue weighted by molar-refractivity contribution is 6.20. The molecule has 1 heterocycles. The molecule has 0 saturated carbocycles. The third kappa shape index (κ3) is 6.27. The topological polar surface area (TPSA) is 80.6 Å². The number of unbranched alkanes of at least 4 members (excludes halogenated alkanes) is 2. The number of halogens is 4. The zero-order valence-corrected chi connectivity index (χ0v) is 22.0. The number of ether oxygens (including phenoxy) is 1. The number of rotatable bonds is 10. The Labute approximate surface area is 228 Å². The minimum absolute atomic E-state index is 0.0245. The molecule has 0 spiro atoms. The Kier molecular flexibility index (Phi) is 8.77. The zero-order valence-electron chi connectivity index (χ0n) is 22.0. The fourth-order valence-corrected chi connectivity index (χ4v) is 4.44. The van der Waals surface area contributed by atoms with Crippen LogP contribution in [0.2, 0.25) is 0 Å². The van der Waals surface area contributed by atoms with Crippen LogP contribution in [0.3, 0.4) is 0 Å². The van der Waals surface area contributed by atoms with E-state index < -0.39 is 30.4 Å². The molecule has 3 aromatic carbocycles. The second-order valence-corrected chi connectivity index (χ2v) is 9.12. The maximum absolute atomic E-state index is 13.7. The van der Waals surface area contributed by atoms with Crippen LogP contribution < -0.4 is 15.4 Å². The number of fused-ring (bicyclic) bond motifs is 1. The van der Waals surface area contributed by atoms with Gasteiger partial charge in [-0.15, -0.1) is 0 Å². The van der Waals surface area contributed by atoms with Gasteiger partial charge in [-0.05, 0) is 36.2 Å². The van der Waals surface area contributed by atoms with Crippen molar-refractivity contribution >= 4 is 22.8 Å². The van der Waals surface area contributed by atoms with E-state index in [1.807, 2.05) is 6.92 Å².